The highest BCUT2D eigenvalue weighted by Gasteiger charge is 2.55. The fourth-order valence-corrected chi connectivity index (χ4v) is 7.78. The Morgan fingerprint density at radius 1 is 1.21 bits per heavy atom. The van der Waals surface area contributed by atoms with Gasteiger partial charge in [-0.1, -0.05) is 18.2 Å². The lowest BCUT2D eigenvalue weighted by molar-refractivity contribution is -0.142. The first kappa shape index (κ1) is 27.1. The third-order valence-electron chi connectivity index (χ3n) is 8.83. The highest BCUT2D eigenvalue weighted by molar-refractivity contribution is 7.22. The van der Waals surface area contributed by atoms with Crippen LogP contribution in [0.15, 0.2) is 50.7 Å². The van der Waals surface area contributed by atoms with Gasteiger partial charge in [0.05, 0.1) is 48.4 Å². The summed E-state index contributed by atoms with van der Waals surface area (Å²) in [6.07, 6.45) is 6.46. The summed E-state index contributed by atoms with van der Waals surface area (Å²) in [5.41, 5.74) is -1.52. The minimum atomic E-state index is -1.57. The zero-order valence-electron chi connectivity index (χ0n) is 23.3. The molecule has 4 aromatic rings. The van der Waals surface area contributed by atoms with Gasteiger partial charge in [0.2, 0.25) is 5.89 Å². The molecule has 0 amide bonds. The second kappa shape index (κ2) is 10.2. The summed E-state index contributed by atoms with van der Waals surface area (Å²) in [6.45, 7) is 1.81. The molecule has 7 rings (SSSR count). The molecule has 1 saturated carbocycles. The molecule has 12 heteroatoms. The van der Waals surface area contributed by atoms with Crippen molar-refractivity contribution < 1.29 is 28.5 Å². The van der Waals surface area contributed by atoms with E-state index < -0.39 is 28.9 Å². The standard InChI is InChI=1S/C30H31N3O8S/c1-16-23-26(34)33(30(9-10-30)28(35)36)29(37)32(27(23)42-24(16)25-31-11-12-39-25)15-22(20-5-3-4-6-21(20)38-2)41-19-13-17-7-8-18(14-19)40-17/h3-6,11-12,17-19,22H,7-10,13-15H2,1-2H3,(H,35,36)/t17-,18+,19?,22-/m0/s1. The topological polar surface area (TPSA) is 135 Å². The minimum Gasteiger partial charge on any atom is -0.496 e. The van der Waals surface area contributed by atoms with Crippen LogP contribution in [-0.4, -0.2) is 50.6 Å². The highest BCUT2D eigenvalue weighted by Crippen LogP contribution is 2.44. The number of aliphatic carboxylic acids is 1. The lowest BCUT2D eigenvalue weighted by Gasteiger charge is -2.32. The van der Waals surface area contributed by atoms with E-state index in [9.17, 15) is 19.5 Å². The number of para-hydroxylation sites is 1. The zero-order chi connectivity index (χ0) is 29.2. The van der Waals surface area contributed by atoms with Crippen LogP contribution in [0.4, 0.5) is 0 Å². The maximum atomic E-state index is 14.3. The largest absolute Gasteiger partial charge is 0.496 e. The van der Waals surface area contributed by atoms with Gasteiger partial charge in [0.15, 0.2) is 0 Å². The summed E-state index contributed by atoms with van der Waals surface area (Å²) in [7, 11) is 1.59. The first-order valence-electron chi connectivity index (χ1n) is 14.2. The lowest BCUT2D eigenvalue weighted by Crippen LogP contribution is -2.49. The summed E-state index contributed by atoms with van der Waals surface area (Å²) >= 11 is 1.23. The van der Waals surface area contributed by atoms with Crippen LogP contribution < -0.4 is 16.0 Å². The molecule has 1 aromatic carbocycles. The van der Waals surface area contributed by atoms with Crippen LogP contribution in [0.1, 0.15) is 55.8 Å². The maximum Gasteiger partial charge on any atom is 0.333 e. The zero-order valence-corrected chi connectivity index (χ0v) is 24.1. The third kappa shape index (κ3) is 4.31. The first-order valence-corrected chi connectivity index (χ1v) is 15.0. The van der Waals surface area contributed by atoms with Gasteiger partial charge in [0.25, 0.3) is 5.56 Å². The van der Waals surface area contributed by atoms with Crippen molar-refractivity contribution in [1.29, 1.82) is 0 Å². The smallest absolute Gasteiger partial charge is 0.333 e. The fourth-order valence-electron chi connectivity index (χ4n) is 6.54. The highest BCUT2D eigenvalue weighted by atomic mass is 32.1. The number of nitrogens with zero attached hydrogens (tertiary/aromatic N) is 3. The molecule has 4 atom stereocenters. The van der Waals surface area contributed by atoms with Crippen LogP contribution in [0.2, 0.25) is 0 Å². The Morgan fingerprint density at radius 3 is 2.60 bits per heavy atom. The molecule has 11 nitrogen and oxygen atoms in total. The molecule has 2 bridgehead atoms. The molecule has 3 aromatic heterocycles. The van der Waals surface area contributed by atoms with E-state index in [0.29, 0.717) is 26.9 Å². The number of aryl methyl sites for hydroxylation is 1. The Balaban J connectivity index is 1.41. The van der Waals surface area contributed by atoms with E-state index in [1.807, 2.05) is 24.3 Å². The van der Waals surface area contributed by atoms with Gasteiger partial charge in [-0.3, -0.25) is 9.36 Å². The number of benzene rings is 1. The van der Waals surface area contributed by atoms with E-state index in [0.717, 1.165) is 35.8 Å². The predicted octanol–water partition coefficient (Wildman–Crippen LogP) is 4.24. The Kier molecular flexibility index (Phi) is 6.59. The molecule has 42 heavy (non-hydrogen) atoms. The number of hydrogen-bond donors (Lipinski definition) is 1. The van der Waals surface area contributed by atoms with E-state index in [1.54, 1.807) is 14.0 Å². The number of rotatable bonds is 9. The van der Waals surface area contributed by atoms with Crippen molar-refractivity contribution in [3.05, 3.63) is 68.7 Å². The number of carbonyl (C=O) groups is 1. The van der Waals surface area contributed by atoms with Crippen LogP contribution >= 0.6 is 11.3 Å². The van der Waals surface area contributed by atoms with Crippen molar-refractivity contribution in [2.24, 2.45) is 0 Å². The maximum absolute atomic E-state index is 14.3. The summed E-state index contributed by atoms with van der Waals surface area (Å²) in [5.74, 6) is -0.251. The van der Waals surface area contributed by atoms with Crippen molar-refractivity contribution in [2.75, 3.05) is 7.11 Å². The number of carboxylic acids is 1. The predicted molar refractivity (Wildman–Crippen MR) is 153 cm³/mol. The Labute approximate surface area is 244 Å². The van der Waals surface area contributed by atoms with Gasteiger partial charge in [0.1, 0.15) is 28.5 Å². The summed E-state index contributed by atoms with van der Waals surface area (Å²) < 4.78 is 26.5. The number of oxazole rings is 1. The van der Waals surface area contributed by atoms with Crippen LogP contribution in [0.3, 0.4) is 0 Å². The van der Waals surface area contributed by atoms with E-state index in [1.165, 1.54) is 28.4 Å². The monoisotopic (exact) mass is 593 g/mol. The van der Waals surface area contributed by atoms with Gasteiger partial charge in [-0.15, -0.1) is 11.3 Å². The molecule has 220 valence electrons. The van der Waals surface area contributed by atoms with E-state index >= 15 is 0 Å². The third-order valence-corrected chi connectivity index (χ3v) is 10.1. The number of thiophene rings is 1. The summed E-state index contributed by atoms with van der Waals surface area (Å²) in [6, 6.07) is 7.51. The molecule has 0 radical (unpaired) electrons. The number of carboxylic acid groups (broad SMARTS) is 1. The lowest BCUT2D eigenvalue weighted by atomic mass is 10.0. The number of fused-ring (bicyclic) bond motifs is 3. The van der Waals surface area contributed by atoms with Gasteiger partial charge < -0.3 is 23.7 Å². The molecule has 1 unspecified atom stereocenters. The molecular weight excluding hydrogens is 562 g/mol. The Morgan fingerprint density at radius 2 is 1.95 bits per heavy atom. The number of ether oxygens (including phenoxy) is 3. The van der Waals surface area contributed by atoms with Crippen molar-refractivity contribution in [3.8, 4) is 16.5 Å². The van der Waals surface area contributed by atoms with Gasteiger partial charge >= 0.3 is 11.7 Å². The van der Waals surface area contributed by atoms with Gasteiger partial charge in [-0.2, -0.15) is 0 Å². The molecule has 3 aliphatic rings. The number of methoxy groups -OCH3 is 1. The van der Waals surface area contributed by atoms with E-state index in [4.69, 9.17) is 18.6 Å². The number of hydrogen-bond acceptors (Lipinski definition) is 9. The average molecular weight is 594 g/mol. The Hall–Kier alpha value is -3.74. The molecule has 5 heterocycles. The van der Waals surface area contributed by atoms with Crippen LogP contribution in [-0.2, 0) is 26.4 Å². The van der Waals surface area contributed by atoms with E-state index in [-0.39, 0.29) is 43.1 Å². The molecule has 2 aliphatic heterocycles. The fraction of sp³-hybridized carbons (Fsp3) is 0.467. The summed E-state index contributed by atoms with van der Waals surface area (Å²) in [4.78, 5) is 45.9. The first-order chi connectivity index (χ1) is 20.3. The molecule has 3 fully saturated rings. The second-order valence-corrected chi connectivity index (χ2v) is 12.4. The second-order valence-electron chi connectivity index (χ2n) is 11.4. The molecular formula is C30H31N3O8S. The van der Waals surface area contributed by atoms with Crippen molar-refractivity contribution in [1.82, 2.24) is 14.1 Å². The van der Waals surface area contributed by atoms with Crippen molar-refractivity contribution in [3.63, 3.8) is 0 Å². The molecule has 1 aliphatic carbocycles. The van der Waals surface area contributed by atoms with Crippen LogP contribution in [0.25, 0.3) is 21.0 Å². The van der Waals surface area contributed by atoms with Gasteiger partial charge in [0, 0.05) is 5.56 Å². The SMILES string of the molecule is COc1ccccc1[C@H](Cn1c(=O)n(C2(C(=O)O)CC2)c(=O)c2c(C)c(-c3ncco3)sc21)OC1C[C@H]2CC[C@@H](C1)O2. The van der Waals surface area contributed by atoms with E-state index in [2.05, 4.69) is 4.98 Å². The number of aromatic nitrogens is 3. The molecule has 2 saturated heterocycles. The average Bonchev–Trinajstić information content (AvgIpc) is 3.27. The minimum absolute atomic E-state index is 0.0450. The summed E-state index contributed by atoms with van der Waals surface area (Å²) in [5, 5.41) is 10.4. The molecule has 1 N–H and O–H groups in total. The Bertz CT molecular complexity index is 1770. The van der Waals surface area contributed by atoms with Gasteiger partial charge in [-0.05, 0) is 57.1 Å². The molecule has 0 spiro atoms. The van der Waals surface area contributed by atoms with Crippen LogP contribution in [0.5, 0.6) is 5.75 Å². The quantitative estimate of drug-likeness (QED) is 0.302. The van der Waals surface area contributed by atoms with Crippen molar-refractivity contribution >= 4 is 27.5 Å². The van der Waals surface area contributed by atoms with Gasteiger partial charge in [-0.25, -0.2) is 19.1 Å². The van der Waals surface area contributed by atoms with Crippen LogP contribution in [0, 0.1) is 6.92 Å². The van der Waals surface area contributed by atoms with Crippen molar-refractivity contribution in [2.45, 2.75) is 81.9 Å². The normalized spacial score (nSPS) is 23.2.